The van der Waals surface area contributed by atoms with E-state index in [2.05, 4.69) is 9.98 Å². The number of aromatic nitrogens is 2. The van der Waals surface area contributed by atoms with Gasteiger partial charge in [0.05, 0.1) is 18.8 Å². The molecule has 1 fully saturated rings. The third-order valence-corrected chi connectivity index (χ3v) is 4.91. The summed E-state index contributed by atoms with van der Waals surface area (Å²) in [6.07, 6.45) is 5.34. The molecule has 2 aromatic rings. The van der Waals surface area contributed by atoms with E-state index in [4.69, 9.17) is 22.7 Å². The largest absolute Gasteiger partial charge is 0.495 e. The van der Waals surface area contributed by atoms with Crippen molar-refractivity contribution in [3.05, 3.63) is 45.0 Å². The Kier molecular flexibility index (Phi) is 5.53. The summed E-state index contributed by atoms with van der Waals surface area (Å²) < 4.78 is 6.76. The van der Waals surface area contributed by atoms with Gasteiger partial charge in [0.1, 0.15) is 11.3 Å². The summed E-state index contributed by atoms with van der Waals surface area (Å²) >= 11 is 5.23. The van der Waals surface area contributed by atoms with Gasteiger partial charge in [-0.2, -0.15) is 0 Å². The molecule has 1 aliphatic carbocycles. The summed E-state index contributed by atoms with van der Waals surface area (Å²) in [6, 6.07) is 7.01. The van der Waals surface area contributed by atoms with Gasteiger partial charge in [-0.05, 0) is 37.2 Å². The number of hydrogen-bond acceptors (Lipinski definition) is 6. The van der Waals surface area contributed by atoms with E-state index >= 15 is 0 Å². The number of methoxy groups -OCH3 is 1. The number of hydrogen-bond donors (Lipinski definition) is 3. The zero-order valence-corrected chi connectivity index (χ0v) is 15.3. The van der Waals surface area contributed by atoms with Crippen molar-refractivity contribution in [2.75, 3.05) is 7.11 Å². The predicted octanol–water partition coefficient (Wildman–Crippen LogP) is 2.30. The number of nitrogens with one attached hydrogen (secondary N) is 1. The van der Waals surface area contributed by atoms with Crippen LogP contribution in [-0.2, 0) is 0 Å². The summed E-state index contributed by atoms with van der Waals surface area (Å²) in [5.41, 5.74) is 6.18. The van der Waals surface area contributed by atoms with Crippen LogP contribution in [-0.4, -0.2) is 40.1 Å². The fourth-order valence-corrected chi connectivity index (χ4v) is 3.47. The van der Waals surface area contributed by atoms with Gasteiger partial charge in [-0.1, -0.05) is 25.0 Å². The maximum absolute atomic E-state index is 12.3. The Morgan fingerprint density at radius 1 is 1.38 bits per heavy atom. The number of ether oxygens (including phenoxy) is 1. The molecule has 0 spiro atoms. The van der Waals surface area contributed by atoms with Crippen LogP contribution in [0, 0.1) is 4.77 Å². The predicted molar refractivity (Wildman–Crippen MR) is 103 cm³/mol. The standard InChI is InChI=1S/C18H22N4O3S/c1-25-15-9-5-4-8-14(15)22-17(24)11(16(23)21-18(22)26)10-20-13-7-3-2-6-12(13)19/h4-5,8-10,12-13,24H,2-3,6-7,19H2,1H3,(H,21,23,26). The van der Waals surface area contributed by atoms with E-state index in [9.17, 15) is 9.90 Å². The quantitative estimate of drug-likeness (QED) is 0.562. The average molecular weight is 374 g/mol. The van der Waals surface area contributed by atoms with Crippen LogP contribution in [0.5, 0.6) is 11.6 Å². The molecule has 138 valence electrons. The maximum Gasteiger partial charge on any atom is 0.264 e. The Bertz CT molecular complexity index is 935. The monoisotopic (exact) mass is 374 g/mol. The van der Waals surface area contributed by atoms with Crippen LogP contribution in [0.2, 0.25) is 0 Å². The highest BCUT2D eigenvalue weighted by atomic mass is 32.1. The topological polar surface area (TPSA) is 106 Å². The Morgan fingerprint density at radius 3 is 2.85 bits per heavy atom. The van der Waals surface area contributed by atoms with Crippen LogP contribution in [0.4, 0.5) is 0 Å². The second-order valence-electron chi connectivity index (χ2n) is 6.30. The summed E-state index contributed by atoms with van der Waals surface area (Å²) in [4.78, 5) is 19.3. The van der Waals surface area contributed by atoms with Gasteiger partial charge in [0.2, 0.25) is 5.88 Å². The molecule has 0 amide bonds. The van der Waals surface area contributed by atoms with Crippen molar-refractivity contribution >= 4 is 18.4 Å². The minimum Gasteiger partial charge on any atom is -0.495 e. The molecule has 7 nitrogen and oxygen atoms in total. The maximum atomic E-state index is 12.3. The first-order valence-corrected chi connectivity index (χ1v) is 8.94. The molecule has 1 saturated carbocycles. The summed E-state index contributed by atoms with van der Waals surface area (Å²) in [7, 11) is 1.53. The lowest BCUT2D eigenvalue weighted by atomic mass is 9.91. The first kappa shape index (κ1) is 18.3. The first-order chi connectivity index (χ1) is 12.5. The number of benzene rings is 1. The summed E-state index contributed by atoms with van der Waals surface area (Å²) in [6.45, 7) is 0. The van der Waals surface area contributed by atoms with E-state index < -0.39 is 5.56 Å². The van der Waals surface area contributed by atoms with Gasteiger partial charge in [0.25, 0.3) is 5.56 Å². The van der Waals surface area contributed by atoms with Crippen molar-refractivity contribution in [2.45, 2.75) is 37.8 Å². The molecule has 0 saturated heterocycles. The van der Waals surface area contributed by atoms with Crippen molar-refractivity contribution < 1.29 is 9.84 Å². The molecular formula is C18H22N4O3S. The van der Waals surface area contributed by atoms with Gasteiger partial charge in [-0.15, -0.1) is 0 Å². The fraction of sp³-hybridized carbons (Fsp3) is 0.389. The van der Waals surface area contributed by atoms with Gasteiger partial charge in [0, 0.05) is 12.3 Å². The minimum absolute atomic E-state index is 0.0270. The van der Waals surface area contributed by atoms with E-state index in [1.807, 2.05) is 6.07 Å². The van der Waals surface area contributed by atoms with Crippen molar-refractivity contribution in [1.82, 2.24) is 9.55 Å². The second kappa shape index (κ2) is 7.84. The average Bonchev–Trinajstić information content (AvgIpc) is 2.63. The van der Waals surface area contributed by atoms with Crippen LogP contribution < -0.4 is 16.0 Å². The van der Waals surface area contributed by atoms with Crippen molar-refractivity contribution in [1.29, 1.82) is 0 Å². The molecule has 2 atom stereocenters. The Balaban J connectivity index is 2.08. The van der Waals surface area contributed by atoms with Gasteiger partial charge in [0.15, 0.2) is 4.77 Å². The van der Waals surface area contributed by atoms with E-state index in [1.54, 1.807) is 18.2 Å². The van der Waals surface area contributed by atoms with E-state index in [1.165, 1.54) is 17.9 Å². The SMILES string of the molecule is COc1ccccc1-n1c(O)c(C=NC2CCCCC2N)c(=O)[nH]c1=S. The number of para-hydroxylation sites is 2. The fourth-order valence-electron chi connectivity index (χ4n) is 3.19. The number of aromatic hydroxyl groups is 1. The van der Waals surface area contributed by atoms with Crippen LogP contribution in [0.25, 0.3) is 5.69 Å². The molecule has 1 heterocycles. The van der Waals surface area contributed by atoms with Crippen LogP contribution >= 0.6 is 12.2 Å². The normalized spacial score (nSPS) is 20.4. The molecule has 0 radical (unpaired) electrons. The van der Waals surface area contributed by atoms with E-state index in [0.29, 0.717) is 11.4 Å². The van der Waals surface area contributed by atoms with Crippen molar-refractivity contribution in [3.8, 4) is 17.3 Å². The Hall–Kier alpha value is -2.45. The van der Waals surface area contributed by atoms with Gasteiger partial charge < -0.3 is 15.6 Å². The molecular weight excluding hydrogens is 352 g/mol. The highest BCUT2D eigenvalue weighted by molar-refractivity contribution is 7.71. The molecule has 1 aromatic carbocycles. The zero-order chi connectivity index (χ0) is 18.7. The van der Waals surface area contributed by atoms with Crippen LogP contribution in [0.3, 0.4) is 0 Å². The van der Waals surface area contributed by atoms with Crippen molar-refractivity contribution in [2.24, 2.45) is 10.7 Å². The lowest BCUT2D eigenvalue weighted by Gasteiger charge is -2.25. The number of nitrogens with zero attached hydrogens (tertiary/aromatic N) is 2. The van der Waals surface area contributed by atoms with E-state index in [-0.39, 0.29) is 28.3 Å². The third-order valence-electron chi connectivity index (χ3n) is 4.62. The lowest BCUT2D eigenvalue weighted by molar-refractivity contribution is 0.387. The second-order valence-corrected chi connectivity index (χ2v) is 6.68. The molecule has 1 aliphatic rings. The molecule has 4 N–H and O–H groups in total. The molecule has 26 heavy (non-hydrogen) atoms. The number of nitrogens with two attached hydrogens (primary N) is 1. The molecule has 0 aliphatic heterocycles. The van der Waals surface area contributed by atoms with Gasteiger partial charge >= 0.3 is 0 Å². The van der Waals surface area contributed by atoms with Crippen LogP contribution in [0.1, 0.15) is 31.2 Å². The smallest absolute Gasteiger partial charge is 0.264 e. The zero-order valence-electron chi connectivity index (χ0n) is 14.5. The van der Waals surface area contributed by atoms with Crippen molar-refractivity contribution in [3.63, 3.8) is 0 Å². The van der Waals surface area contributed by atoms with E-state index in [0.717, 1.165) is 25.7 Å². The molecule has 8 heteroatoms. The van der Waals surface area contributed by atoms with Gasteiger partial charge in [-0.3, -0.25) is 19.3 Å². The summed E-state index contributed by atoms with van der Waals surface area (Å²) in [5, 5.41) is 10.7. The number of H-pyrrole nitrogens is 1. The Labute approximate surface area is 156 Å². The van der Waals surface area contributed by atoms with Crippen LogP contribution in [0.15, 0.2) is 34.1 Å². The Morgan fingerprint density at radius 2 is 2.12 bits per heavy atom. The van der Waals surface area contributed by atoms with Gasteiger partial charge in [-0.25, -0.2) is 0 Å². The molecule has 2 unspecified atom stereocenters. The molecule has 1 aromatic heterocycles. The third kappa shape index (κ3) is 3.56. The number of aromatic amines is 1. The lowest BCUT2D eigenvalue weighted by Crippen LogP contribution is -2.36. The number of aliphatic imine (C=N–C) groups is 1. The molecule has 0 bridgehead atoms. The number of rotatable bonds is 4. The first-order valence-electron chi connectivity index (χ1n) is 8.53. The highest BCUT2D eigenvalue weighted by Gasteiger charge is 2.21. The highest BCUT2D eigenvalue weighted by Crippen LogP contribution is 2.27. The summed E-state index contributed by atoms with van der Waals surface area (Å²) in [5.74, 6) is 0.236. The molecule has 3 rings (SSSR count). The minimum atomic E-state index is -0.494.